The van der Waals surface area contributed by atoms with E-state index < -0.39 is 0 Å². The minimum atomic E-state index is -0.264. The zero-order chi connectivity index (χ0) is 19.5. The van der Waals surface area contributed by atoms with E-state index in [2.05, 4.69) is 16.0 Å². The lowest BCUT2D eigenvalue weighted by Crippen LogP contribution is -1.97. The zero-order valence-corrected chi connectivity index (χ0v) is 17.2. The standard InChI is InChI=1S/C23H18ClFN2O.ClH/c1-15-12-18(6-11-22(15)28-14-16-2-7-19(24)8-3-16)21-13-26-23(27-21)17-4-9-20(25)10-5-17;/h2-13H,14H2,1H3,(H,26,27);1H. The smallest absolute Gasteiger partial charge is 0.137 e. The molecule has 0 amide bonds. The van der Waals surface area contributed by atoms with E-state index in [-0.39, 0.29) is 18.2 Å². The molecule has 1 aromatic heterocycles. The molecule has 0 fully saturated rings. The summed E-state index contributed by atoms with van der Waals surface area (Å²) in [6.07, 6.45) is 1.78. The predicted molar refractivity (Wildman–Crippen MR) is 117 cm³/mol. The van der Waals surface area contributed by atoms with Gasteiger partial charge in [-0.15, -0.1) is 12.4 Å². The van der Waals surface area contributed by atoms with Gasteiger partial charge in [-0.3, -0.25) is 0 Å². The van der Waals surface area contributed by atoms with Gasteiger partial charge in [-0.1, -0.05) is 23.7 Å². The second-order valence-corrected chi connectivity index (χ2v) is 6.98. The number of ether oxygens (including phenoxy) is 1. The molecule has 1 heterocycles. The number of rotatable bonds is 5. The number of aryl methyl sites for hydroxylation is 1. The number of nitrogens with zero attached hydrogens (tertiary/aromatic N) is 1. The van der Waals surface area contributed by atoms with Crippen molar-refractivity contribution < 1.29 is 9.13 Å². The second-order valence-electron chi connectivity index (χ2n) is 6.55. The first-order chi connectivity index (χ1) is 13.6. The molecule has 0 aliphatic rings. The maximum atomic E-state index is 13.1. The highest BCUT2D eigenvalue weighted by molar-refractivity contribution is 6.30. The van der Waals surface area contributed by atoms with Gasteiger partial charge in [-0.2, -0.15) is 0 Å². The van der Waals surface area contributed by atoms with E-state index >= 15 is 0 Å². The summed E-state index contributed by atoms with van der Waals surface area (Å²) in [7, 11) is 0. The van der Waals surface area contributed by atoms with Crippen LogP contribution >= 0.6 is 24.0 Å². The molecule has 148 valence electrons. The van der Waals surface area contributed by atoms with Gasteiger partial charge in [0.15, 0.2) is 0 Å². The van der Waals surface area contributed by atoms with Crippen LogP contribution in [0.2, 0.25) is 5.02 Å². The van der Waals surface area contributed by atoms with Crippen molar-refractivity contribution in [3.05, 3.63) is 94.9 Å². The van der Waals surface area contributed by atoms with Crippen LogP contribution in [-0.2, 0) is 6.61 Å². The SMILES string of the molecule is Cc1cc(-c2cnc(-c3ccc(F)cc3)[nH]2)ccc1OCc1ccc(Cl)cc1.Cl. The molecule has 3 aromatic carbocycles. The molecule has 6 heteroatoms. The summed E-state index contributed by atoms with van der Waals surface area (Å²) >= 11 is 5.91. The molecule has 0 saturated carbocycles. The van der Waals surface area contributed by atoms with Crippen LogP contribution in [0.3, 0.4) is 0 Å². The second kappa shape index (κ2) is 9.12. The Bertz CT molecular complexity index is 1090. The zero-order valence-electron chi connectivity index (χ0n) is 15.7. The lowest BCUT2D eigenvalue weighted by molar-refractivity contribution is 0.304. The van der Waals surface area contributed by atoms with Crippen molar-refractivity contribution in [3.63, 3.8) is 0 Å². The Balaban J connectivity index is 0.00000240. The summed E-state index contributed by atoms with van der Waals surface area (Å²) in [5.74, 6) is 1.27. The molecule has 4 aromatic rings. The van der Waals surface area contributed by atoms with Crippen LogP contribution in [0.5, 0.6) is 5.75 Å². The Kier molecular flexibility index (Phi) is 6.57. The fourth-order valence-corrected chi connectivity index (χ4v) is 3.07. The largest absolute Gasteiger partial charge is 0.489 e. The molecule has 0 spiro atoms. The van der Waals surface area contributed by atoms with Gasteiger partial charge in [0, 0.05) is 16.1 Å². The molecular formula is C23H19Cl2FN2O. The molecule has 0 saturated heterocycles. The topological polar surface area (TPSA) is 37.9 Å². The Morgan fingerprint density at radius 1 is 0.966 bits per heavy atom. The number of aromatic nitrogens is 2. The third-order valence-corrected chi connectivity index (χ3v) is 4.74. The van der Waals surface area contributed by atoms with Gasteiger partial charge in [-0.25, -0.2) is 9.37 Å². The molecule has 0 bridgehead atoms. The van der Waals surface area contributed by atoms with Gasteiger partial charge >= 0.3 is 0 Å². The van der Waals surface area contributed by atoms with E-state index in [0.717, 1.165) is 33.7 Å². The Hall–Kier alpha value is -2.82. The molecule has 0 unspecified atom stereocenters. The van der Waals surface area contributed by atoms with Crippen LogP contribution in [0.1, 0.15) is 11.1 Å². The number of hydrogen-bond acceptors (Lipinski definition) is 2. The highest BCUT2D eigenvalue weighted by atomic mass is 35.5. The molecule has 4 rings (SSSR count). The normalized spacial score (nSPS) is 10.4. The van der Waals surface area contributed by atoms with Crippen LogP contribution in [-0.4, -0.2) is 9.97 Å². The fourth-order valence-electron chi connectivity index (χ4n) is 2.94. The number of halogens is 3. The van der Waals surface area contributed by atoms with Crippen molar-refractivity contribution in [2.45, 2.75) is 13.5 Å². The highest BCUT2D eigenvalue weighted by Gasteiger charge is 2.08. The van der Waals surface area contributed by atoms with E-state index in [1.54, 1.807) is 18.3 Å². The van der Waals surface area contributed by atoms with Gasteiger partial charge in [-0.05, 0) is 72.6 Å². The Morgan fingerprint density at radius 2 is 1.66 bits per heavy atom. The van der Waals surface area contributed by atoms with E-state index in [0.29, 0.717) is 17.5 Å². The van der Waals surface area contributed by atoms with E-state index in [9.17, 15) is 4.39 Å². The lowest BCUT2D eigenvalue weighted by Gasteiger charge is -2.10. The average molecular weight is 429 g/mol. The average Bonchev–Trinajstić information content (AvgIpc) is 3.19. The molecular weight excluding hydrogens is 410 g/mol. The molecule has 0 aliphatic heterocycles. The monoisotopic (exact) mass is 428 g/mol. The van der Waals surface area contributed by atoms with Crippen LogP contribution in [0.25, 0.3) is 22.6 Å². The summed E-state index contributed by atoms with van der Waals surface area (Å²) in [6.45, 7) is 2.49. The Morgan fingerprint density at radius 3 is 2.34 bits per heavy atom. The summed E-state index contributed by atoms with van der Waals surface area (Å²) in [5.41, 5.74) is 4.84. The Labute approximate surface area is 179 Å². The molecule has 0 aliphatic carbocycles. The van der Waals surface area contributed by atoms with Crippen molar-refractivity contribution in [1.29, 1.82) is 0 Å². The van der Waals surface area contributed by atoms with Gasteiger partial charge in [0.05, 0.1) is 11.9 Å². The van der Waals surface area contributed by atoms with E-state index in [1.165, 1.54) is 12.1 Å². The molecule has 0 radical (unpaired) electrons. The van der Waals surface area contributed by atoms with Crippen molar-refractivity contribution in [2.75, 3.05) is 0 Å². The summed E-state index contributed by atoms with van der Waals surface area (Å²) in [4.78, 5) is 7.70. The van der Waals surface area contributed by atoms with E-state index in [4.69, 9.17) is 16.3 Å². The van der Waals surface area contributed by atoms with Gasteiger partial charge < -0.3 is 9.72 Å². The number of H-pyrrole nitrogens is 1. The van der Waals surface area contributed by atoms with Crippen molar-refractivity contribution in [2.24, 2.45) is 0 Å². The van der Waals surface area contributed by atoms with E-state index in [1.807, 2.05) is 43.3 Å². The maximum Gasteiger partial charge on any atom is 0.137 e. The lowest BCUT2D eigenvalue weighted by atomic mass is 10.1. The van der Waals surface area contributed by atoms with Crippen LogP contribution in [0.4, 0.5) is 4.39 Å². The van der Waals surface area contributed by atoms with Gasteiger partial charge in [0.1, 0.15) is 24.0 Å². The molecule has 29 heavy (non-hydrogen) atoms. The highest BCUT2D eigenvalue weighted by Crippen LogP contribution is 2.27. The number of hydrogen-bond donors (Lipinski definition) is 1. The van der Waals surface area contributed by atoms with Crippen LogP contribution in [0.15, 0.2) is 72.9 Å². The first-order valence-corrected chi connectivity index (χ1v) is 9.25. The summed E-state index contributed by atoms with van der Waals surface area (Å²) in [5, 5.41) is 0.712. The first-order valence-electron chi connectivity index (χ1n) is 8.88. The quantitative estimate of drug-likeness (QED) is 0.377. The molecule has 1 N–H and O–H groups in total. The van der Waals surface area contributed by atoms with Crippen LogP contribution < -0.4 is 4.74 Å². The number of imidazole rings is 1. The van der Waals surface area contributed by atoms with Gasteiger partial charge in [0.25, 0.3) is 0 Å². The van der Waals surface area contributed by atoms with Crippen LogP contribution in [0, 0.1) is 12.7 Å². The molecule has 3 nitrogen and oxygen atoms in total. The summed E-state index contributed by atoms with van der Waals surface area (Å²) < 4.78 is 19.0. The fraction of sp³-hybridized carbons (Fsp3) is 0.0870. The number of benzene rings is 3. The third kappa shape index (κ3) is 4.97. The van der Waals surface area contributed by atoms with Crippen molar-refractivity contribution >= 4 is 24.0 Å². The van der Waals surface area contributed by atoms with Crippen molar-refractivity contribution in [1.82, 2.24) is 9.97 Å². The number of aromatic amines is 1. The number of nitrogens with one attached hydrogen (secondary N) is 1. The minimum absolute atomic E-state index is 0. The maximum absolute atomic E-state index is 13.1. The third-order valence-electron chi connectivity index (χ3n) is 4.49. The van der Waals surface area contributed by atoms with Gasteiger partial charge in [0.2, 0.25) is 0 Å². The minimum Gasteiger partial charge on any atom is -0.489 e. The summed E-state index contributed by atoms with van der Waals surface area (Å²) in [6, 6.07) is 19.9. The predicted octanol–water partition coefficient (Wildman–Crippen LogP) is 6.85. The van der Waals surface area contributed by atoms with Crippen molar-refractivity contribution in [3.8, 4) is 28.4 Å². The first kappa shape index (κ1) is 20.9. The molecule has 0 atom stereocenters.